The van der Waals surface area contributed by atoms with Crippen LogP contribution in [0.25, 0.3) is 0 Å². The van der Waals surface area contributed by atoms with E-state index < -0.39 is 27.9 Å². The summed E-state index contributed by atoms with van der Waals surface area (Å²) >= 11 is 0. The molecule has 1 aliphatic heterocycles. The third-order valence-corrected chi connectivity index (χ3v) is 7.08. The summed E-state index contributed by atoms with van der Waals surface area (Å²) in [4.78, 5) is 39.7. The topological polar surface area (TPSA) is 104 Å². The first-order chi connectivity index (χ1) is 15.1. The molecule has 9 heteroatoms. The predicted octanol–water partition coefficient (Wildman–Crippen LogP) is 2.16. The molecule has 0 saturated carbocycles. The molecular weight excluding hydrogens is 430 g/mol. The third kappa shape index (κ3) is 4.83. The Morgan fingerprint density at radius 2 is 1.62 bits per heavy atom. The Kier molecular flexibility index (Phi) is 6.98. The Morgan fingerprint density at radius 1 is 1.00 bits per heavy atom. The molecular formula is C23H27N3O5S. The molecule has 8 nitrogen and oxygen atoms in total. The lowest BCUT2D eigenvalue weighted by Crippen LogP contribution is -2.49. The fourth-order valence-corrected chi connectivity index (χ4v) is 5.13. The highest BCUT2D eigenvalue weighted by Crippen LogP contribution is 2.30. The fraction of sp³-hybridized carbons (Fsp3) is 0.348. The number of nitrogens with one attached hydrogen (secondary N) is 1. The molecule has 1 aliphatic rings. The molecule has 0 fully saturated rings. The van der Waals surface area contributed by atoms with Gasteiger partial charge < -0.3 is 10.2 Å². The van der Waals surface area contributed by atoms with E-state index >= 15 is 0 Å². The van der Waals surface area contributed by atoms with E-state index in [0.717, 1.165) is 9.87 Å². The van der Waals surface area contributed by atoms with Gasteiger partial charge in [-0.15, -0.1) is 0 Å². The van der Waals surface area contributed by atoms with Crippen LogP contribution in [-0.2, 0) is 26.2 Å². The average Bonchev–Trinajstić information content (AvgIpc) is 2.95. The second-order valence-electron chi connectivity index (χ2n) is 7.97. The highest BCUT2D eigenvalue weighted by molar-refractivity contribution is 7.90. The summed E-state index contributed by atoms with van der Waals surface area (Å²) in [6.45, 7) is 5.18. The standard InChI is InChI=1S/C23H27N3O5S/c1-16(2)24-22(28)17(3)25(15-18-9-5-4-6-10-18)21(27)13-14-26-23(29)19-11-7-8-12-20(19)32(26,30)31/h4-12,16-17H,13-15H2,1-3H3,(H,24,28)/t17-/m1/s1. The SMILES string of the molecule is CC(C)NC(=O)[C@@H](C)N(Cc1ccccc1)C(=O)CCN1C(=O)c2ccccc2S1(=O)=O. The summed E-state index contributed by atoms with van der Waals surface area (Å²) in [5, 5.41) is 2.80. The van der Waals surface area contributed by atoms with Gasteiger partial charge in [0.05, 0.1) is 5.56 Å². The molecule has 0 radical (unpaired) electrons. The van der Waals surface area contributed by atoms with E-state index in [0.29, 0.717) is 0 Å². The number of sulfonamides is 1. The Morgan fingerprint density at radius 3 is 2.25 bits per heavy atom. The van der Waals surface area contributed by atoms with E-state index in [-0.39, 0.29) is 41.9 Å². The van der Waals surface area contributed by atoms with E-state index in [9.17, 15) is 22.8 Å². The van der Waals surface area contributed by atoms with E-state index in [1.54, 1.807) is 19.1 Å². The van der Waals surface area contributed by atoms with Crippen LogP contribution >= 0.6 is 0 Å². The number of carbonyl (C=O) groups excluding carboxylic acids is 3. The first-order valence-electron chi connectivity index (χ1n) is 10.4. The van der Waals surface area contributed by atoms with Gasteiger partial charge in [-0.1, -0.05) is 42.5 Å². The molecule has 3 rings (SSSR count). The van der Waals surface area contributed by atoms with Crippen LogP contribution in [0.5, 0.6) is 0 Å². The number of carbonyl (C=O) groups is 3. The van der Waals surface area contributed by atoms with E-state index in [2.05, 4.69) is 5.32 Å². The highest BCUT2D eigenvalue weighted by Gasteiger charge is 2.41. The van der Waals surface area contributed by atoms with Crippen molar-refractivity contribution < 1.29 is 22.8 Å². The van der Waals surface area contributed by atoms with Crippen LogP contribution in [0.15, 0.2) is 59.5 Å². The molecule has 2 aromatic rings. The van der Waals surface area contributed by atoms with Crippen LogP contribution in [0.1, 0.15) is 43.1 Å². The van der Waals surface area contributed by atoms with Crippen molar-refractivity contribution >= 4 is 27.7 Å². The second kappa shape index (κ2) is 9.52. The maximum Gasteiger partial charge on any atom is 0.269 e. The van der Waals surface area contributed by atoms with E-state index in [1.807, 2.05) is 44.2 Å². The van der Waals surface area contributed by atoms with Gasteiger partial charge in [0.15, 0.2) is 0 Å². The third-order valence-electron chi connectivity index (χ3n) is 5.23. The maximum atomic E-state index is 13.1. The highest BCUT2D eigenvalue weighted by atomic mass is 32.2. The smallest absolute Gasteiger partial charge is 0.269 e. The number of hydrogen-bond acceptors (Lipinski definition) is 5. The first kappa shape index (κ1) is 23.5. The first-order valence-corrected chi connectivity index (χ1v) is 11.9. The van der Waals surface area contributed by atoms with Gasteiger partial charge in [0.25, 0.3) is 15.9 Å². The number of hydrogen-bond donors (Lipinski definition) is 1. The van der Waals surface area contributed by atoms with Crippen molar-refractivity contribution in [3.05, 3.63) is 65.7 Å². The van der Waals surface area contributed by atoms with Crippen molar-refractivity contribution in [1.29, 1.82) is 0 Å². The van der Waals surface area contributed by atoms with Gasteiger partial charge >= 0.3 is 0 Å². The number of benzene rings is 2. The summed E-state index contributed by atoms with van der Waals surface area (Å²) in [6, 6.07) is 14.3. The lowest BCUT2D eigenvalue weighted by Gasteiger charge is -2.30. The van der Waals surface area contributed by atoms with Crippen molar-refractivity contribution in [2.24, 2.45) is 0 Å². The number of fused-ring (bicyclic) bond motifs is 1. The molecule has 3 amide bonds. The molecule has 1 N–H and O–H groups in total. The normalized spacial score (nSPS) is 15.4. The minimum absolute atomic E-state index is 0.0525. The summed E-state index contributed by atoms with van der Waals surface area (Å²) in [5.41, 5.74) is 0.938. The molecule has 170 valence electrons. The Balaban J connectivity index is 1.78. The van der Waals surface area contributed by atoms with Gasteiger partial charge in [0, 0.05) is 25.6 Å². The molecule has 0 aromatic heterocycles. The van der Waals surface area contributed by atoms with Gasteiger partial charge in [-0.25, -0.2) is 12.7 Å². The zero-order valence-electron chi connectivity index (χ0n) is 18.3. The zero-order chi connectivity index (χ0) is 23.5. The predicted molar refractivity (Wildman–Crippen MR) is 119 cm³/mol. The van der Waals surface area contributed by atoms with Crippen molar-refractivity contribution in [2.45, 2.75) is 50.7 Å². The average molecular weight is 458 g/mol. The zero-order valence-corrected chi connectivity index (χ0v) is 19.1. The van der Waals surface area contributed by atoms with Gasteiger partial charge in [-0.05, 0) is 38.5 Å². The minimum Gasteiger partial charge on any atom is -0.352 e. The molecule has 0 aliphatic carbocycles. The molecule has 0 spiro atoms. The molecule has 2 aromatic carbocycles. The molecule has 32 heavy (non-hydrogen) atoms. The summed E-state index contributed by atoms with van der Waals surface area (Å²) in [5.74, 6) is -1.37. The van der Waals surface area contributed by atoms with Crippen LogP contribution in [0.4, 0.5) is 0 Å². The van der Waals surface area contributed by atoms with Gasteiger partial charge in [-0.2, -0.15) is 0 Å². The van der Waals surface area contributed by atoms with Gasteiger partial charge in [0.1, 0.15) is 10.9 Å². The van der Waals surface area contributed by atoms with Crippen LogP contribution < -0.4 is 5.32 Å². The summed E-state index contributed by atoms with van der Waals surface area (Å²) in [6.07, 6.45) is -0.231. The summed E-state index contributed by atoms with van der Waals surface area (Å²) < 4.78 is 26.2. The number of rotatable bonds is 8. The van der Waals surface area contributed by atoms with Crippen molar-refractivity contribution in [1.82, 2.24) is 14.5 Å². The van der Waals surface area contributed by atoms with E-state index in [4.69, 9.17) is 0 Å². The summed E-state index contributed by atoms with van der Waals surface area (Å²) in [7, 11) is -3.99. The molecule has 0 saturated heterocycles. The van der Waals surface area contributed by atoms with Gasteiger partial charge in [-0.3, -0.25) is 14.4 Å². The van der Waals surface area contributed by atoms with E-state index in [1.165, 1.54) is 17.0 Å². The molecule has 1 heterocycles. The lowest BCUT2D eigenvalue weighted by molar-refractivity contribution is -0.140. The number of nitrogens with zero attached hydrogens (tertiary/aromatic N) is 2. The van der Waals surface area contributed by atoms with Crippen molar-refractivity contribution in [3.63, 3.8) is 0 Å². The van der Waals surface area contributed by atoms with Crippen LogP contribution in [0.3, 0.4) is 0 Å². The number of amides is 3. The largest absolute Gasteiger partial charge is 0.352 e. The van der Waals surface area contributed by atoms with Crippen LogP contribution in [0.2, 0.25) is 0 Å². The van der Waals surface area contributed by atoms with Crippen LogP contribution in [-0.4, -0.2) is 54.0 Å². The monoisotopic (exact) mass is 457 g/mol. The van der Waals surface area contributed by atoms with Gasteiger partial charge in [0.2, 0.25) is 11.8 Å². The maximum absolute atomic E-state index is 13.1. The Labute approximate surface area is 188 Å². The Hall–Kier alpha value is -3.20. The van der Waals surface area contributed by atoms with Crippen LogP contribution in [0, 0.1) is 0 Å². The quantitative estimate of drug-likeness (QED) is 0.654. The van der Waals surface area contributed by atoms with Crippen molar-refractivity contribution in [3.8, 4) is 0 Å². The lowest BCUT2D eigenvalue weighted by atomic mass is 10.1. The second-order valence-corrected chi connectivity index (χ2v) is 9.81. The molecule has 1 atom stereocenters. The molecule has 0 bridgehead atoms. The molecule has 0 unspecified atom stereocenters. The minimum atomic E-state index is -3.99. The Bertz CT molecular complexity index is 1120. The fourth-order valence-electron chi connectivity index (χ4n) is 3.56. The van der Waals surface area contributed by atoms with Crippen molar-refractivity contribution in [2.75, 3.05) is 6.54 Å².